The Hall–Kier alpha value is -2.22. The van der Waals surface area contributed by atoms with E-state index in [4.69, 9.17) is 0 Å². The number of anilines is 2. The zero-order valence-corrected chi connectivity index (χ0v) is 14.7. The summed E-state index contributed by atoms with van der Waals surface area (Å²) in [5.41, 5.74) is 1.69. The molecule has 26 heavy (non-hydrogen) atoms. The molecule has 2 heterocycles. The number of amides is 2. The van der Waals surface area contributed by atoms with Gasteiger partial charge in [0.15, 0.2) is 0 Å². The maximum absolute atomic E-state index is 13.2. The molecule has 0 aliphatic carbocycles. The number of carbonyl (C=O) groups is 2. The van der Waals surface area contributed by atoms with E-state index in [-0.39, 0.29) is 5.91 Å². The molecule has 2 atom stereocenters. The lowest BCUT2D eigenvalue weighted by molar-refractivity contribution is -0.127. The largest absolute Gasteiger partial charge is 0.371 e. The highest BCUT2D eigenvalue weighted by Crippen LogP contribution is 2.25. The predicted molar refractivity (Wildman–Crippen MR) is 95.5 cm³/mol. The quantitative estimate of drug-likeness (QED) is 0.742. The highest BCUT2D eigenvalue weighted by Gasteiger charge is 2.42. The van der Waals surface area contributed by atoms with Gasteiger partial charge in [-0.05, 0) is 38.0 Å². The van der Waals surface area contributed by atoms with Crippen LogP contribution in [-0.4, -0.2) is 49.5 Å². The molecule has 1 aromatic carbocycles. The van der Waals surface area contributed by atoms with Crippen molar-refractivity contribution in [1.29, 1.82) is 0 Å². The third-order valence-corrected chi connectivity index (χ3v) is 4.76. The molecule has 0 spiro atoms. The number of carbonyl (C=O) groups excluding carboxylic acids is 2. The zero-order chi connectivity index (χ0) is 18.7. The second-order valence-corrected chi connectivity index (χ2v) is 6.96. The number of halogens is 2. The normalized spacial score (nSPS) is 22.9. The van der Waals surface area contributed by atoms with Gasteiger partial charge in [-0.3, -0.25) is 14.9 Å². The lowest BCUT2D eigenvalue weighted by Gasteiger charge is -2.20. The standard InChI is InChI=1S/C18H24F2N4O2/c1-12(22-17(26)15-10-18(19,20)11-21-15)16(25)23-13-5-4-6-14(9-13)24-7-2-3-8-24/h4-6,9,12,15,21H,2-3,7-8,10-11H2,1H3,(H,22,26)(H,23,25). The topological polar surface area (TPSA) is 73.5 Å². The maximum atomic E-state index is 13.2. The van der Waals surface area contributed by atoms with Crippen molar-refractivity contribution in [3.63, 3.8) is 0 Å². The fourth-order valence-corrected chi connectivity index (χ4v) is 3.29. The SMILES string of the molecule is CC(NC(=O)C1CC(F)(F)CN1)C(=O)Nc1cccc(N2CCCC2)c1. The third-order valence-electron chi connectivity index (χ3n) is 4.76. The van der Waals surface area contributed by atoms with Crippen molar-refractivity contribution in [3.8, 4) is 0 Å². The van der Waals surface area contributed by atoms with Crippen LogP contribution in [0.4, 0.5) is 20.2 Å². The van der Waals surface area contributed by atoms with Crippen LogP contribution in [0.15, 0.2) is 24.3 Å². The van der Waals surface area contributed by atoms with E-state index in [0.29, 0.717) is 5.69 Å². The van der Waals surface area contributed by atoms with Crippen molar-refractivity contribution in [2.75, 3.05) is 29.9 Å². The summed E-state index contributed by atoms with van der Waals surface area (Å²) in [5.74, 6) is -3.86. The van der Waals surface area contributed by atoms with Crippen molar-refractivity contribution in [2.24, 2.45) is 0 Å². The molecule has 3 rings (SSSR count). The molecular weight excluding hydrogens is 342 g/mol. The lowest BCUT2D eigenvalue weighted by atomic mass is 10.1. The van der Waals surface area contributed by atoms with E-state index < -0.39 is 36.9 Å². The molecule has 0 bridgehead atoms. The van der Waals surface area contributed by atoms with Crippen LogP contribution in [0, 0.1) is 0 Å². The van der Waals surface area contributed by atoms with Gasteiger partial charge in [0, 0.05) is 30.9 Å². The Morgan fingerprint density at radius 3 is 2.69 bits per heavy atom. The van der Waals surface area contributed by atoms with Crippen LogP contribution in [0.1, 0.15) is 26.2 Å². The van der Waals surface area contributed by atoms with Crippen molar-refractivity contribution in [2.45, 2.75) is 44.2 Å². The van der Waals surface area contributed by atoms with Crippen LogP contribution in [0.2, 0.25) is 0 Å². The highest BCUT2D eigenvalue weighted by molar-refractivity contribution is 5.97. The molecule has 2 amide bonds. The molecule has 8 heteroatoms. The molecule has 6 nitrogen and oxygen atoms in total. The fraction of sp³-hybridized carbons (Fsp3) is 0.556. The minimum atomic E-state index is -2.89. The van der Waals surface area contributed by atoms with Crippen LogP contribution in [0.25, 0.3) is 0 Å². The highest BCUT2D eigenvalue weighted by atomic mass is 19.3. The van der Waals surface area contributed by atoms with Crippen LogP contribution < -0.4 is 20.9 Å². The summed E-state index contributed by atoms with van der Waals surface area (Å²) in [4.78, 5) is 26.6. The first-order chi connectivity index (χ1) is 12.3. The van der Waals surface area contributed by atoms with Crippen molar-refractivity contribution in [3.05, 3.63) is 24.3 Å². The molecule has 3 N–H and O–H groups in total. The van der Waals surface area contributed by atoms with Gasteiger partial charge >= 0.3 is 0 Å². The lowest BCUT2D eigenvalue weighted by Crippen LogP contribution is -2.48. The van der Waals surface area contributed by atoms with Crippen LogP contribution in [-0.2, 0) is 9.59 Å². The number of benzene rings is 1. The average Bonchev–Trinajstić information content (AvgIpc) is 3.24. The Morgan fingerprint density at radius 2 is 2.04 bits per heavy atom. The average molecular weight is 366 g/mol. The molecule has 0 saturated carbocycles. The molecule has 2 saturated heterocycles. The van der Waals surface area contributed by atoms with Crippen LogP contribution in [0.3, 0.4) is 0 Å². The Labute approximate surface area is 151 Å². The summed E-state index contributed by atoms with van der Waals surface area (Å²) in [6.45, 7) is 3.02. The summed E-state index contributed by atoms with van der Waals surface area (Å²) in [6, 6.07) is 5.75. The molecule has 2 aliphatic rings. The fourth-order valence-electron chi connectivity index (χ4n) is 3.29. The predicted octanol–water partition coefficient (Wildman–Crippen LogP) is 1.73. The molecule has 142 valence electrons. The number of hydrogen-bond acceptors (Lipinski definition) is 4. The van der Waals surface area contributed by atoms with Gasteiger partial charge in [0.1, 0.15) is 6.04 Å². The summed E-state index contributed by atoms with van der Waals surface area (Å²) in [7, 11) is 0. The van der Waals surface area contributed by atoms with E-state index in [1.807, 2.05) is 18.2 Å². The van der Waals surface area contributed by atoms with Crippen molar-refractivity contribution < 1.29 is 18.4 Å². The van der Waals surface area contributed by atoms with Crippen molar-refractivity contribution >= 4 is 23.2 Å². The van der Waals surface area contributed by atoms with E-state index in [0.717, 1.165) is 31.6 Å². The Kier molecular flexibility index (Phi) is 5.41. The molecular formula is C18H24F2N4O2. The van der Waals surface area contributed by atoms with Crippen LogP contribution in [0.5, 0.6) is 0 Å². The molecule has 0 radical (unpaired) electrons. The Bertz CT molecular complexity index is 677. The molecule has 2 unspecified atom stereocenters. The van der Waals surface area contributed by atoms with Crippen LogP contribution >= 0.6 is 0 Å². The number of nitrogens with zero attached hydrogens (tertiary/aromatic N) is 1. The van der Waals surface area contributed by atoms with Gasteiger partial charge in [-0.2, -0.15) is 0 Å². The first-order valence-corrected chi connectivity index (χ1v) is 8.91. The second-order valence-electron chi connectivity index (χ2n) is 6.96. The molecule has 0 aromatic heterocycles. The number of rotatable bonds is 5. The second kappa shape index (κ2) is 7.57. The van der Waals surface area contributed by atoms with Gasteiger partial charge in [0.05, 0.1) is 12.6 Å². The van der Waals surface area contributed by atoms with E-state index in [2.05, 4.69) is 20.9 Å². The van der Waals surface area contributed by atoms with E-state index in [1.165, 1.54) is 6.92 Å². The van der Waals surface area contributed by atoms with Gasteiger partial charge in [0.2, 0.25) is 11.8 Å². The summed E-state index contributed by atoms with van der Waals surface area (Å²) in [5, 5.41) is 7.74. The van der Waals surface area contributed by atoms with Gasteiger partial charge in [-0.25, -0.2) is 8.78 Å². The zero-order valence-electron chi connectivity index (χ0n) is 14.7. The first kappa shape index (κ1) is 18.6. The van der Waals surface area contributed by atoms with Gasteiger partial charge < -0.3 is 15.5 Å². The van der Waals surface area contributed by atoms with E-state index in [9.17, 15) is 18.4 Å². The monoisotopic (exact) mass is 366 g/mol. The smallest absolute Gasteiger partial charge is 0.262 e. The number of alkyl halides is 2. The van der Waals surface area contributed by atoms with E-state index in [1.54, 1.807) is 6.07 Å². The Morgan fingerprint density at radius 1 is 1.31 bits per heavy atom. The minimum Gasteiger partial charge on any atom is -0.371 e. The summed E-state index contributed by atoms with van der Waals surface area (Å²) < 4.78 is 26.4. The maximum Gasteiger partial charge on any atom is 0.262 e. The van der Waals surface area contributed by atoms with Gasteiger partial charge in [0.25, 0.3) is 5.92 Å². The number of nitrogens with one attached hydrogen (secondary N) is 3. The molecule has 1 aromatic rings. The van der Waals surface area contributed by atoms with Gasteiger partial charge in [-0.1, -0.05) is 6.07 Å². The van der Waals surface area contributed by atoms with Gasteiger partial charge in [-0.15, -0.1) is 0 Å². The summed E-state index contributed by atoms with van der Waals surface area (Å²) in [6.07, 6.45) is 1.77. The van der Waals surface area contributed by atoms with E-state index >= 15 is 0 Å². The number of hydrogen-bond donors (Lipinski definition) is 3. The summed E-state index contributed by atoms with van der Waals surface area (Å²) >= 11 is 0. The molecule has 2 aliphatic heterocycles. The third kappa shape index (κ3) is 4.49. The Balaban J connectivity index is 1.54. The minimum absolute atomic E-state index is 0.387. The van der Waals surface area contributed by atoms with Crippen molar-refractivity contribution in [1.82, 2.24) is 10.6 Å². The first-order valence-electron chi connectivity index (χ1n) is 8.91. The molecule has 2 fully saturated rings.